The second-order valence-corrected chi connectivity index (χ2v) is 34.6. The summed E-state index contributed by atoms with van der Waals surface area (Å²) in [4.78, 5) is 66.4. The fourth-order valence-corrected chi connectivity index (χ4v) is 16.2. The second kappa shape index (κ2) is 69.4. The van der Waals surface area contributed by atoms with Crippen LogP contribution in [0.4, 0.5) is 0 Å². The van der Waals surface area contributed by atoms with Crippen LogP contribution in [0.25, 0.3) is 0 Å². The third-order valence-corrected chi connectivity index (χ3v) is 23.7. The maximum absolute atomic E-state index is 14.9. The summed E-state index contributed by atoms with van der Waals surface area (Å²) in [6, 6.07) is 0. The molecule has 680 valence electrons. The Kier molecular flexibility index (Phi) is 64.1. The molecule has 0 radical (unpaired) electrons. The SMILES string of the molecule is CCCCCCCC/C=C\CCCCCC(=O)OCC1OC(OC2C(OC(=O)CCCCCCCCCCCCCCCCC)C(O)C(O)C(OC3OC(CO)C(O)C(O)C3O)C2OP(=O)(O)OCC(COC(=O)CCCCCCCCCCCCCCCCCC)OC(=O)CCCCC/C=C\CCCCCCCC)C(O)C(O)C1O. The van der Waals surface area contributed by atoms with E-state index in [4.69, 9.17) is 46.9 Å². The van der Waals surface area contributed by atoms with Gasteiger partial charge in [-0.3, -0.25) is 28.2 Å². The van der Waals surface area contributed by atoms with Gasteiger partial charge in [0, 0.05) is 25.7 Å². The molecule has 1 aliphatic carbocycles. The summed E-state index contributed by atoms with van der Waals surface area (Å²) in [7, 11) is -5.81. The lowest BCUT2D eigenvalue weighted by Gasteiger charge is -2.50. The van der Waals surface area contributed by atoms with E-state index in [1.165, 1.54) is 180 Å². The van der Waals surface area contributed by atoms with E-state index in [9.17, 15) is 74.6 Å². The number of aliphatic hydroxyl groups is 9. The Bertz CT molecular complexity index is 2510. The number of hydrogen-bond acceptors (Lipinski definition) is 24. The van der Waals surface area contributed by atoms with Gasteiger partial charge in [-0.1, -0.05) is 315 Å². The van der Waals surface area contributed by atoms with E-state index in [0.717, 1.165) is 116 Å². The normalized spacial score (nSPS) is 25.2. The zero-order valence-electron chi connectivity index (χ0n) is 72.3. The van der Waals surface area contributed by atoms with E-state index >= 15 is 0 Å². The number of carbonyl (C=O) groups excluding carboxylic acids is 4. The van der Waals surface area contributed by atoms with E-state index < -0.39 is 162 Å². The monoisotopic (exact) mass is 1680 g/mol. The van der Waals surface area contributed by atoms with Crippen LogP contribution in [0.1, 0.15) is 394 Å². The van der Waals surface area contributed by atoms with Gasteiger partial charge in [0.2, 0.25) is 0 Å². The molecule has 116 heavy (non-hydrogen) atoms. The summed E-state index contributed by atoms with van der Waals surface area (Å²) in [5, 5.41) is 102. The van der Waals surface area contributed by atoms with Gasteiger partial charge in [-0.25, -0.2) is 4.57 Å². The molecule has 1 saturated carbocycles. The van der Waals surface area contributed by atoms with Crippen LogP contribution in [0.3, 0.4) is 0 Å². The predicted octanol–water partition coefficient (Wildman–Crippen LogP) is 16.9. The minimum absolute atomic E-state index is 0.00606. The standard InChI is InChI=1S/C90H165O25P/c1-5-9-13-17-21-25-29-33-35-37-40-43-46-50-54-58-62-73(92)106-67-70(109-75(94)64-60-56-52-48-44-39-32-28-24-20-16-12-8-4)68-108-116(104,105)115-88-86(113-89-83(102)79(98)77(96)71(66-91)110-89)82(101)81(100)85(112-76(95)65-61-57-53-49-45-41-36-34-30-26-22-18-14-10-6-2)87(88)114-90-84(103)80(99)78(97)72(111-90)69-107-74(93)63-59-55-51-47-42-38-31-27-23-19-15-11-7-3/h38-39,42,44,70-72,77-91,96-103H,5-37,40-41,43,45-69H2,1-4H3,(H,104,105)/b42-38-,44-39-. The van der Waals surface area contributed by atoms with Crippen molar-refractivity contribution in [2.75, 3.05) is 26.4 Å². The van der Waals surface area contributed by atoms with Crippen molar-refractivity contribution in [3.05, 3.63) is 24.3 Å². The van der Waals surface area contributed by atoms with Crippen molar-refractivity contribution in [1.82, 2.24) is 0 Å². The van der Waals surface area contributed by atoms with Gasteiger partial charge in [0.05, 0.1) is 13.2 Å². The van der Waals surface area contributed by atoms with Gasteiger partial charge < -0.3 is 88.7 Å². The van der Waals surface area contributed by atoms with Crippen molar-refractivity contribution in [3.8, 4) is 0 Å². The third-order valence-electron chi connectivity index (χ3n) is 22.7. The number of rotatable bonds is 75. The largest absolute Gasteiger partial charge is 0.472 e. The molecule has 0 bridgehead atoms. The molecule has 0 aromatic carbocycles. The molecule has 2 saturated heterocycles. The number of carbonyl (C=O) groups is 4. The zero-order chi connectivity index (χ0) is 84.7. The quantitative estimate of drug-likeness (QED) is 0.00889. The average molecular weight is 1680 g/mol. The van der Waals surface area contributed by atoms with Crippen LogP contribution in [0.2, 0.25) is 0 Å². The van der Waals surface area contributed by atoms with Crippen molar-refractivity contribution in [3.63, 3.8) is 0 Å². The van der Waals surface area contributed by atoms with Crippen LogP contribution in [-0.2, 0) is 70.7 Å². The van der Waals surface area contributed by atoms with Crippen molar-refractivity contribution < 1.29 is 122 Å². The van der Waals surface area contributed by atoms with Crippen LogP contribution in [0.5, 0.6) is 0 Å². The first kappa shape index (κ1) is 107. The number of esters is 4. The van der Waals surface area contributed by atoms with Gasteiger partial charge in [0.1, 0.15) is 92.6 Å². The van der Waals surface area contributed by atoms with Gasteiger partial charge in [0.25, 0.3) is 0 Å². The average Bonchev–Trinajstić information content (AvgIpc) is 0.754. The number of aliphatic hydroxyl groups excluding tert-OH is 9. The number of ether oxygens (including phenoxy) is 8. The van der Waals surface area contributed by atoms with E-state index in [0.29, 0.717) is 44.9 Å². The molecule has 0 aromatic rings. The van der Waals surface area contributed by atoms with E-state index in [-0.39, 0.29) is 25.7 Å². The van der Waals surface area contributed by atoms with Gasteiger partial charge in [0.15, 0.2) is 24.8 Å². The third kappa shape index (κ3) is 49.3. The summed E-state index contributed by atoms with van der Waals surface area (Å²) in [5.41, 5.74) is 0. The molecule has 18 atom stereocenters. The lowest BCUT2D eigenvalue weighted by molar-refractivity contribution is -0.360. The molecule has 18 unspecified atom stereocenters. The molecule has 3 fully saturated rings. The Morgan fingerprint density at radius 3 is 1.03 bits per heavy atom. The molecule has 25 nitrogen and oxygen atoms in total. The first-order valence-corrected chi connectivity index (χ1v) is 48.1. The number of allylic oxidation sites excluding steroid dienone is 4. The minimum Gasteiger partial charge on any atom is -0.463 e. The molecular weight excluding hydrogens is 1510 g/mol. The molecule has 3 aliphatic rings. The minimum atomic E-state index is -5.81. The molecule has 10 N–H and O–H groups in total. The second-order valence-electron chi connectivity index (χ2n) is 33.2. The van der Waals surface area contributed by atoms with Crippen LogP contribution in [0, 0.1) is 0 Å². The highest BCUT2D eigenvalue weighted by Crippen LogP contribution is 2.49. The number of unbranched alkanes of at least 4 members (excludes halogenated alkanes) is 47. The first-order valence-electron chi connectivity index (χ1n) is 46.6. The van der Waals surface area contributed by atoms with Crippen molar-refractivity contribution in [2.45, 2.75) is 498 Å². The van der Waals surface area contributed by atoms with Crippen molar-refractivity contribution in [2.24, 2.45) is 0 Å². The lowest BCUT2D eigenvalue weighted by atomic mass is 9.84. The Morgan fingerprint density at radius 2 is 0.647 bits per heavy atom. The van der Waals surface area contributed by atoms with Crippen molar-refractivity contribution in [1.29, 1.82) is 0 Å². The molecule has 26 heteroatoms. The molecule has 3 rings (SSSR count). The maximum atomic E-state index is 14.9. The first-order chi connectivity index (χ1) is 56.2. The Balaban J connectivity index is 1.92. The number of hydrogen-bond donors (Lipinski definition) is 10. The highest BCUT2D eigenvalue weighted by atomic mass is 31.2. The molecule has 0 amide bonds. The fraction of sp³-hybridized carbons (Fsp3) is 0.911. The van der Waals surface area contributed by atoms with E-state index in [1.807, 2.05) is 0 Å². The van der Waals surface area contributed by atoms with Crippen LogP contribution >= 0.6 is 7.82 Å². The Labute approximate surface area is 698 Å². The summed E-state index contributed by atoms with van der Waals surface area (Å²) >= 11 is 0. The van der Waals surface area contributed by atoms with Crippen LogP contribution in [0.15, 0.2) is 24.3 Å². The fourth-order valence-electron chi connectivity index (χ4n) is 15.2. The maximum Gasteiger partial charge on any atom is 0.472 e. The van der Waals surface area contributed by atoms with Crippen LogP contribution < -0.4 is 0 Å². The summed E-state index contributed by atoms with van der Waals surface area (Å²) < 4.78 is 73.3. The highest BCUT2D eigenvalue weighted by Gasteiger charge is 2.60. The topological polar surface area (TPSA) is 380 Å². The molecule has 0 aromatic heterocycles. The van der Waals surface area contributed by atoms with Gasteiger partial charge in [-0.15, -0.1) is 0 Å². The summed E-state index contributed by atoms with van der Waals surface area (Å²) in [6.45, 7) is 5.56. The van der Waals surface area contributed by atoms with Gasteiger partial charge >= 0.3 is 31.7 Å². The van der Waals surface area contributed by atoms with Gasteiger partial charge in [-0.05, 0) is 77.0 Å². The van der Waals surface area contributed by atoms with E-state index in [2.05, 4.69) is 52.0 Å². The number of phosphoric ester groups is 1. The summed E-state index contributed by atoms with van der Waals surface area (Å²) in [6.07, 6.45) is 29.0. The molecular formula is C90H165O25P. The molecule has 2 aliphatic heterocycles. The molecule has 2 heterocycles. The zero-order valence-corrected chi connectivity index (χ0v) is 73.2. The summed E-state index contributed by atoms with van der Waals surface area (Å²) in [5.74, 6) is -2.99. The van der Waals surface area contributed by atoms with Crippen LogP contribution in [-0.4, -0.2) is 205 Å². The van der Waals surface area contributed by atoms with E-state index in [1.54, 1.807) is 0 Å². The van der Waals surface area contributed by atoms with Gasteiger partial charge in [-0.2, -0.15) is 0 Å². The van der Waals surface area contributed by atoms with Crippen molar-refractivity contribution >= 4 is 31.7 Å². The predicted molar refractivity (Wildman–Crippen MR) is 449 cm³/mol. The molecule has 0 spiro atoms. The lowest BCUT2D eigenvalue weighted by Crippen LogP contribution is -2.70. The highest BCUT2D eigenvalue weighted by molar-refractivity contribution is 7.47. The Morgan fingerprint density at radius 1 is 0.336 bits per heavy atom. The smallest absolute Gasteiger partial charge is 0.463 e. The number of phosphoric acid groups is 1. The Hall–Kier alpha value is -3.05.